The van der Waals surface area contributed by atoms with Gasteiger partial charge in [-0.3, -0.25) is 9.63 Å². The minimum Gasteiger partial charge on any atom is -0.478 e. The number of carbonyl (C=O) groups excluding carboxylic acids is 2. The van der Waals surface area contributed by atoms with E-state index in [0.29, 0.717) is 6.08 Å². The molecular weight excluding hydrogens is 218 g/mol. The van der Waals surface area contributed by atoms with Crippen molar-refractivity contribution in [2.75, 3.05) is 20.8 Å². The second-order valence-electron chi connectivity index (χ2n) is 2.82. The fourth-order valence-corrected chi connectivity index (χ4v) is 0.678. The maximum Gasteiger partial charge on any atom is 0.334 e. The summed E-state index contributed by atoms with van der Waals surface area (Å²) in [6.45, 7) is 0.773. The Kier molecular flexibility index (Phi) is 5.79. The fourth-order valence-electron chi connectivity index (χ4n) is 0.678. The molecule has 1 amide bonds. The molecule has 7 heteroatoms. The molecule has 0 atom stereocenters. The average molecular weight is 231 g/mol. The lowest BCUT2D eigenvalue weighted by Crippen LogP contribution is -2.30. The third-order valence-corrected chi connectivity index (χ3v) is 1.61. The number of carbonyl (C=O) groups is 3. The summed E-state index contributed by atoms with van der Waals surface area (Å²) in [7, 11) is 2.64. The fraction of sp³-hybridized carbons (Fsp3) is 0.444. The van der Waals surface area contributed by atoms with E-state index in [-0.39, 0.29) is 5.57 Å². The van der Waals surface area contributed by atoms with Crippen molar-refractivity contribution in [1.29, 1.82) is 0 Å². The van der Waals surface area contributed by atoms with E-state index in [2.05, 4.69) is 9.57 Å². The Morgan fingerprint density at radius 1 is 1.38 bits per heavy atom. The third-order valence-electron chi connectivity index (χ3n) is 1.61. The summed E-state index contributed by atoms with van der Waals surface area (Å²) < 4.78 is 4.55. The lowest BCUT2D eigenvalue weighted by Gasteiger charge is -2.13. The van der Waals surface area contributed by atoms with Gasteiger partial charge in [-0.25, -0.2) is 14.7 Å². The van der Waals surface area contributed by atoms with E-state index in [1.807, 2.05) is 0 Å². The molecule has 0 unspecified atom stereocenters. The zero-order valence-electron chi connectivity index (χ0n) is 9.22. The number of hydrogen-bond acceptors (Lipinski definition) is 5. The number of nitrogens with zero attached hydrogens (tertiary/aromatic N) is 1. The van der Waals surface area contributed by atoms with Gasteiger partial charge in [0.15, 0.2) is 6.61 Å². The highest BCUT2D eigenvalue weighted by molar-refractivity contribution is 5.96. The van der Waals surface area contributed by atoms with Gasteiger partial charge in [-0.2, -0.15) is 0 Å². The van der Waals surface area contributed by atoms with Crippen LogP contribution in [0.2, 0.25) is 0 Å². The van der Waals surface area contributed by atoms with Crippen molar-refractivity contribution in [2.45, 2.75) is 6.92 Å². The van der Waals surface area contributed by atoms with Crippen LogP contribution >= 0.6 is 0 Å². The number of hydrogen-bond donors (Lipinski definition) is 1. The molecule has 0 radical (unpaired) electrons. The normalized spacial score (nSPS) is 10.8. The van der Waals surface area contributed by atoms with Gasteiger partial charge in [0.25, 0.3) is 5.91 Å². The molecule has 0 aromatic heterocycles. The number of ether oxygens (including phenoxy) is 1. The first-order valence-corrected chi connectivity index (χ1v) is 4.27. The first kappa shape index (κ1) is 14.1. The number of hydroxylamine groups is 2. The van der Waals surface area contributed by atoms with Crippen molar-refractivity contribution in [2.24, 2.45) is 0 Å². The van der Waals surface area contributed by atoms with Crippen LogP contribution in [0.5, 0.6) is 0 Å². The topological polar surface area (TPSA) is 93.1 Å². The zero-order valence-corrected chi connectivity index (χ0v) is 9.22. The van der Waals surface area contributed by atoms with Gasteiger partial charge in [-0.05, 0) is 6.92 Å². The lowest BCUT2D eigenvalue weighted by atomic mass is 10.3. The van der Waals surface area contributed by atoms with Crippen LogP contribution in [0.3, 0.4) is 0 Å². The number of esters is 1. The second kappa shape index (κ2) is 6.57. The molecule has 90 valence electrons. The summed E-state index contributed by atoms with van der Waals surface area (Å²) in [6.07, 6.45) is 0.701. The molecule has 0 heterocycles. The van der Waals surface area contributed by atoms with Gasteiger partial charge in [-0.1, -0.05) is 0 Å². The minimum absolute atomic E-state index is 0.0969. The number of rotatable bonds is 5. The molecule has 0 saturated carbocycles. The number of likely N-dealkylation sites (N-methyl/N-ethyl adjacent to an activating group) is 1. The van der Waals surface area contributed by atoms with E-state index in [4.69, 9.17) is 5.11 Å². The van der Waals surface area contributed by atoms with E-state index in [0.717, 1.165) is 5.06 Å². The van der Waals surface area contributed by atoms with Crippen LogP contribution in [-0.4, -0.2) is 48.8 Å². The van der Waals surface area contributed by atoms with Crippen LogP contribution in [0.4, 0.5) is 0 Å². The highest BCUT2D eigenvalue weighted by atomic mass is 16.7. The Labute approximate surface area is 92.2 Å². The molecule has 0 saturated heterocycles. The smallest absolute Gasteiger partial charge is 0.334 e. The minimum atomic E-state index is -1.25. The molecule has 0 aliphatic heterocycles. The zero-order chi connectivity index (χ0) is 12.7. The standard InChI is InChI=1S/C9H13NO6/c1-6(4-8(12)13)9(14)16-5-7(11)10(2)15-3/h4H,5H2,1-3H3,(H,12,13)/b6-4+. The lowest BCUT2D eigenvalue weighted by molar-refractivity contribution is -0.175. The number of amides is 1. The first-order valence-electron chi connectivity index (χ1n) is 4.27. The molecular formula is C9H13NO6. The molecule has 0 aliphatic carbocycles. The van der Waals surface area contributed by atoms with Crippen LogP contribution in [0.15, 0.2) is 11.6 Å². The average Bonchev–Trinajstić information content (AvgIpc) is 2.23. The Bertz CT molecular complexity index is 322. The van der Waals surface area contributed by atoms with Crippen LogP contribution in [0.1, 0.15) is 6.92 Å². The third kappa shape index (κ3) is 5.11. The molecule has 0 rings (SSSR count). The summed E-state index contributed by atoms with van der Waals surface area (Å²) >= 11 is 0. The van der Waals surface area contributed by atoms with Crippen LogP contribution in [-0.2, 0) is 24.0 Å². The van der Waals surface area contributed by atoms with Gasteiger partial charge in [0.1, 0.15) is 0 Å². The summed E-state index contributed by atoms with van der Waals surface area (Å²) in [5.74, 6) is -2.67. The van der Waals surface area contributed by atoms with Gasteiger partial charge in [0, 0.05) is 18.7 Å². The molecule has 0 aromatic rings. The van der Waals surface area contributed by atoms with Crippen LogP contribution < -0.4 is 0 Å². The van der Waals surface area contributed by atoms with Crippen LogP contribution in [0.25, 0.3) is 0 Å². The summed E-state index contributed by atoms with van der Waals surface area (Å²) in [6, 6.07) is 0. The molecule has 0 aromatic carbocycles. The monoisotopic (exact) mass is 231 g/mol. The van der Waals surface area contributed by atoms with Crippen molar-refractivity contribution in [3.8, 4) is 0 Å². The Morgan fingerprint density at radius 3 is 2.38 bits per heavy atom. The predicted molar refractivity (Wildman–Crippen MR) is 52.1 cm³/mol. The maximum atomic E-state index is 11.1. The second-order valence-corrected chi connectivity index (χ2v) is 2.82. The molecule has 0 bridgehead atoms. The van der Waals surface area contributed by atoms with Gasteiger partial charge < -0.3 is 9.84 Å². The maximum absolute atomic E-state index is 11.1. The van der Waals surface area contributed by atoms with E-state index in [1.165, 1.54) is 21.1 Å². The van der Waals surface area contributed by atoms with Crippen molar-refractivity contribution in [3.63, 3.8) is 0 Å². The number of carboxylic acids is 1. The Balaban J connectivity index is 4.18. The molecule has 0 fully saturated rings. The van der Waals surface area contributed by atoms with Crippen molar-refractivity contribution >= 4 is 17.8 Å². The van der Waals surface area contributed by atoms with E-state index in [1.54, 1.807) is 0 Å². The highest BCUT2D eigenvalue weighted by Crippen LogP contribution is 1.97. The van der Waals surface area contributed by atoms with E-state index < -0.39 is 24.5 Å². The number of carboxylic acid groups (broad SMARTS) is 1. The quantitative estimate of drug-likeness (QED) is 0.392. The molecule has 7 nitrogen and oxygen atoms in total. The van der Waals surface area contributed by atoms with Gasteiger partial charge in [-0.15, -0.1) is 0 Å². The summed E-state index contributed by atoms with van der Waals surface area (Å²) in [4.78, 5) is 37.0. The number of aliphatic carboxylic acids is 1. The molecule has 0 aliphatic rings. The van der Waals surface area contributed by atoms with E-state index in [9.17, 15) is 14.4 Å². The van der Waals surface area contributed by atoms with E-state index >= 15 is 0 Å². The van der Waals surface area contributed by atoms with Crippen molar-refractivity contribution in [3.05, 3.63) is 11.6 Å². The molecule has 1 N–H and O–H groups in total. The SMILES string of the molecule is CON(C)C(=O)COC(=O)/C(C)=C/C(=O)O. The summed E-state index contributed by atoms with van der Waals surface area (Å²) in [5, 5.41) is 9.25. The largest absolute Gasteiger partial charge is 0.478 e. The summed E-state index contributed by atoms with van der Waals surface area (Å²) in [5.41, 5.74) is -0.0969. The van der Waals surface area contributed by atoms with Gasteiger partial charge in [0.2, 0.25) is 0 Å². The highest BCUT2D eigenvalue weighted by Gasteiger charge is 2.13. The van der Waals surface area contributed by atoms with Crippen molar-refractivity contribution < 1.29 is 29.1 Å². The van der Waals surface area contributed by atoms with Crippen molar-refractivity contribution in [1.82, 2.24) is 5.06 Å². The molecule has 0 spiro atoms. The van der Waals surface area contributed by atoms with Gasteiger partial charge >= 0.3 is 11.9 Å². The molecule has 16 heavy (non-hydrogen) atoms. The Hall–Kier alpha value is -1.89. The van der Waals surface area contributed by atoms with Crippen LogP contribution in [0, 0.1) is 0 Å². The Morgan fingerprint density at radius 2 is 1.94 bits per heavy atom. The van der Waals surface area contributed by atoms with Gasteiger partial charge in [0.05, 0.1) is 7.11 Å². The predicted octanol–water partition coefficient (Wildman–Crippen LogP) is -0.420. The first-order chi connectivity index (χ1) is 7.38.